The van der Waals surface area contributed by atoms with Crippen LogP contribution in [0.15, 0.2) is 60.7 Å². The van der Waals surface area contributed by atoms with Gasteiger partial charge in [0.15, 0.2) is 0 Å². The lowest BCUT2D eigenvalue weighted by molar-refractivity contribution is 0.0773. The van der Waals surface area contributed by atoms with Crippen LogP contribution in [0.1, 0.15) is 98.8 Å². The topological polar surface area (TPSA) is 68.4 Å². The summed E-state index contributed by atoms with van der Waals surface area (Å²) in [7, 11) is 0. The van der Waals surface area contributed by atoms with Gasteiger partial charge in [0.05, 0.1) is 0 Å². The second kappa shape index (κ2) is 14.6. The number of benzene rings is 3. The maximum Gasteiger partial charge on any atom is 0.253 e. The maximum atomic E-state index is 13.2. The summed E-state index contributed by atoms with van der Waals surface area (Å²) >= 11 is 0. The van der Waals surface area contributed by atoms with Crippen LogP contribution in [0.25, 0.3) is 22.2 Å². The molecule has 1 amide bonds. The largest absolute Gasteiger partial charge is 0.508 e. The van der Waals surface area contributed by atoms with Crippen LogP contribution in [0.5, 0.6) is 5.75 Å². The average molecular weight is 568 g/mol. The lowest BCUT2D eigenvalue weighted by Gasteiger charge is -2.18. The summed E-state index contributed by atoms with van der Waals surface area (Å²) in [5, 5.41) is 14.3. The van der Waals surface area contributed by atoms with Crippen molar-refractivity contribution in [2.75, 3.05) is 26.2 Å². The van der Waals surface area contributed by atoms with E-state index in [-0.39, 0.29) is 5.91 Å². The standard InChI is InChI=1S/C37H49N3O2/c1-7-40(8-2)37(42)28-14-17-35-34(24-28)33(18-20-38-19-10-9-11-27-12-15-32(41)16-13-27)36(39-35)31-22-29(25(3)4)21-30(23-31)26(5)6/h12-17,21-26,38-39,41H,7-11,18-20H2,1-6H3. The number of rotatable bonds is 14. The molecule has 5 nitrogen and oxygen atoms in total. The molecule has 42 heavy (non-hydrogen) atoms. The van der Waals surface area contributed by atoms with E-state index in [1.807, 2.05) is 36.9 Å². The number of fused-ring (bicyclic) bond motifs is 1. The summed E-state index contributed by atoms with van der Waals surface area (Å²) < 4.78 is 0. The number of aromatic amines is 1. The van der Waals surface area contributed by atoms with Crippen molar-refractivity contribution in [3.05, 3.63) is 88.5 Å². The van der Waals surface area contributed by atoms with Crippen LogP contribution in [-0.4, -0.2) is 47.1 Å². The Labute approximate surface area is 252 Å². The van der Waals surface area contributed by atoms with Crippen LogP contribution >= 0.6 is 0 Å². The second-order valence-electron chi connectivity index (χ2n) is 12.0. The van der Waals surface area contributed by atoms with Gasteiger partial charge in [0.1, 0.15) is 5.75 Å². The average Bonchev–Trinajstić information content (AvgIpc) is 3.35. The van der Waals surface area contributed by atoms with Gasteiger partial charge in [-0.05, 0) is 135 Å². The molecule has 3 aromatic carbocycles. The number of hydrogen-bond donors (Lipinski definition) is 3. The van der Waals surface area contributed by atoms with Gasteiger partial charge >= 0.3 is 0 Å². The molecule has 0 aliphatic heterocycles. The number of aromatic hydroxyl groups is 1. The van der Waals surface area contributed by atoms with Crippen LogP contribution in [-0.2, 0) is 12.8 Å². The molecule has 1 heterocycles. The van der Waals surface area contributed by atoms with E-state index < -0.39 is 0 Å². The van der Waals surface area contributed by atoms with E-state index in [1.165, 1.54) is 27.8 Å². The molecule has 0 saturated carbocycles. The minimum atomic E-state index is 0.0891. The summed E-state index contributed by atoms with van der Waals surface area (Å²) in [6.07, 6.45) is 4.09. The molecule has 0 atom stereocenters. The highest BCUT2D eigenvalue weighted by Crippen LogP contribution is 2.35. The molecule has 4 aromatic rings. The first-order valence-electron chi connectivity index (χ1n) is 15.8. The minimum Gasteiger partial charge on any atom is -0.508 e. The molecular formula is C37H49N3O2. The fourth-order valence-corrected chi connectivity index (χ4v) is 5.65. The Hall–Kier alpha value is -3.57. The first-order valence-corrected chi connectivity index (χ1v) is 15.8. The normalized spacial score (nSPS) is 11.6. The van der Waals surface area contributed by atoms with Gasteiger partial charge in [-0.15, -0.1) is 0 Å². The van der Waals surface area contributed by atoms with Crippen molar-refractivity contribution in [3.63, 3.8) is 0 Å². The number of aryl methyl sites for hydroxylation is 1. The zero-order chi connectivity index (χ0) is 30.2. The summed E-state index contributed by atoms with van der Waals surface area (Å²) in [6.45, 7) is 16.3. The number of phenolic OH excluding ortho intramolecular Hbond substituents is 1. The van der Waals surface area contributed by atoms with Crippen LogP contribution in [0.3, 0.4) is 0 Å². The first kappa shape index (κ1) is 31.4. The molecule has 0 saturated heterocycles. The number of hydrogen-bond acceptors (Lipinski definition) is 3. The van der Waals surface area contributed by atoms with Crippen LogP contribution in [0.4, 0.5) is 0 Å². The van der Waals surface area contributed by atoms with Crippen molar-refractivity contribution < 1.29 is 9.90 Å². The number of aromatic nitrogens is 1. The van der Waals surface area contributed by atoms with Crippen molar-refractivity contribution in [1.29, 1.82) is 0 Å². The van der Waals surface area contributed by atoms with Gasteiger partial charge in [-0.25, -0.2) is 0 Å². The number of carbonyl (C=O) groups excluding carboxylic acids is 1. The summed E-state index contributed by atoms with van der Waals surface area (Å²) in [5.74, 6) is 1.29. The summed E-state index contributed by atoms with van der Waals surface area (Å²) in [6, 6.07) is 20.7. The molecule has 0 aliphatic rings. The number of phenols is 1. The van der Waals surface area contributed by atoms with Crippen LogP contribution < -0.4 is 5.32 Å². The van der Waals surface area contributed by atoms with E-state index in [4.69, 9.17) is 0 Å². The van der Waals surface area contributed by atoms with Crippen molar-refractivity contribution >= 4 is 16.8 Å². The van der Waals surface area contributed by atoms with E-state index in [9.17, 15) is 9.90 Å². The second-order valence-corrected chi connectivity index (χ2v) is 12.0. The molecule has 224 valence electrons. The summed E-state index contributed by atoms with van der Waals surface area (Å²) in [4.78, 5) is 18.9. The highest BCUT2D eigenvalue weighted by Gasteiger charge is 2.19. The van der Waals surface area contributed by atoms with Gasteiger partial charge in [-0.1, -0.05) is 45.9 Å². The SMILES string of the molecule is CCN(CC)C(=O)c1ccc2[nH]c(-c3cc(C(C)C)cc(C(C)C)c3)c(CCNCCCCc3ccc(O)cc3)c2c1. The zero-order valence-electron chi connectivity index (χ0n) is 26.4. The predicted octanol–water partition coefficient (Wildman–Crippen LogP) is 8.42. The lowest BCUT2D eigenvalue weighted by Crippen LogP contribution is -2.30. The van der Waals surface area contributed by atoms with Crippen LogP contribution in [0.2, 0.25) is 0 Å². The zero-order valence-corrected chi connectivity index (χ0v) is 26.4. The van der Waals surface area contributed by atoms with Gasteiger partial charge < -0.3 is 20.3 Å². The fraction of sp³-hybridized carbons (Fsp3) is 0.432. The fourth-order valence-electron chi connectivity index (χ4n) is 5.65. The predicted molar refractivity (Wildman–Crippen MR) is 177 cm³/mol. The molecule has 5 heteroatoms. The molecular weight excluding hydrogens is 518 g/mol. The molecule has 1 aromatic heterocycles. The monoisotopic (exact) mass is 567 g/mol. The van der Waals surface area contributed by atoms with Crippen molar-refractivity contribution in [2.24, 2.45) is 0 Å². The molecule has 3 N–H and O–H groups in total. The number of nitrogens with one attached hydrogen (secondary N) is 2. The van der Waals surface area contributed by atoms with Crippen molar-refractivity contribution in [1.82, 2.24) is 15.2 Å². The smallest absolute Gasteiger partial charge is 0.253 e. The van der Waals surface area contributed by atoms with Gasteiger partial charge in [0, 0.05) is 35.2 Å². The van der Waals surface area contributed by atoms with E-state index in [0.29, 0.717) is 30.7 Å². The Morgan fingerprint density at radius 1 is 0.833 bits per heavy atom. The number of H-pyrrole nitrogens is 1. The van der Waals surface area contributed by atoms with Gasteiger partial charge in [-0.3, -0.25) is 4.79 Å². The Kier molecular flexibility index (Phi) is 10.9. The van der Waals surface area contributed by atoms with Gasteiger partial charge in [0.25, 0.3) is 5.91 Å². The third-order valence-electron chi connectivity index (χ3n) is 8.36. The molecule has 0 bridgehead atoms. The number of nitrogens with zero attached hydrogens (tertiary/aromatic N) is 1. The Morgan fingerprint density at radius 2 is 1.50 bits per heavy atom. The molecule has 0 fully saturated rings. The van der Waals surface area contributed by atoms with E-state index in [1.54, 1.807) is 12.1 Å². The third kappa shape index (κ3) is 7.63. The Bertz CT molecular complexity index is 1440. The maximum absolute atomic E-state index is 13.2. The van der Waals surface area contributed by atoms with Crippen LogP contribution in [0, 0.1) is 0 Å². The van der Waals surface area contributed by atoms with Gasteiger partial charge in [-0.2, -0.15) is 0 Å². The molecule has 0 spiro atoms. The first-order chi connectivity index (χ1) is 20.2. The Balaban J connectivity index is 1.58. The molecule has 4 rings (SSSR count). The Morgan fingerprint density at radius 3 is 2.12 bits per heavy atom. The number of carbonyl (C=O) groups is 1. The molecule has 0 radical (unpaired) electrons. The van der Waals surface area contributed by atoms with E-state index in [2.05, 4.69) is 68.3 Å². The minimum absolute atomic E-state index is 0.0891. The highest BCUT2D eigenvalue weighted by molar-refractivity contribution is 6.00. The molecule has 0 aliphatic carbocycles. The van der Waals surface area contributed by atoms with Gasteiger partial charge in [0.2, 0.25) is 0 Å². The van der Waals surface area contributed by atoms with Crippen molar-refractivity contribution in [2.45, 2.75) is 79.1 Å². The summed E-state index contributed by atoms with van der Waals surface area (Å²) in [5.41, 5.74) is 9.44. The third-order valence-corrected chi connectivity index (χ3v) is 8.36. The van der Waals surface area contributed by atoms with E-state index >= 15 is 0 Å². The number of unbranched alkanes of at least 4 members (excludes halogenated alkanes) is 1. The lowest BCUT2D eigenvalue weighted by atomic mass is 9.91. The molecule has 0 unspecified atom stereocenters. The highest BCUT2D eigenvalue weighted by atomic mass is 16.3. The van der Waals surface area contributed by atoms with E-state index in [0.717, 1.165) is 60.9 Å². The number of amides is 1. The van der Waals surface area contributed by atoms with Crippen molar-refractivity contribution in [3.8, 4) is 17.0 Å². The quantitative estimate of drug-likeness (QED) is 0.134.